The summed E-state index contributed by atoms with van der Waals surface area (Å²) in [4.78, 5) is 1.79. The zero-order chi connectivity index (χ0) is 12.6. The number of anilines is 2. The van der Waals surface area contributed by atoms with Crippen LogP contribution in [0, 0.1) is 17.0 Å². The van der Waals surface area contributed by atoms with Crippen molar-refractivity contribution in [3.63, 3.8) is 0 Å². The van der Waals surface area contributed by atoms with Gasteiger partial charge in [0, 0.05) is 18.8 Å². The molecule has 2 N–H and O–H groups in total. The predicted octanol–water partition coefficient (Wildman–Crippen LogP) is 3.17. The molecule has 0 spiro atoms. The van der Waals surface area contributed by atoms with Crippen LogP contribution in [-0.4, -0.2) is 13.1 Å². The summed E-state index contributed by atoms with van der Waals surface area (Å²) in [5, 5.41) is 0. The van der Waals surface area contributed by atoms with Crippen molar-refractivity contribution in [2.75, 3.05) is 23.7 Å². The van der Waals surface area contributed by atoms with Crippen LogP contribution in [0.5, 0.6) is 0 Å². The van der Waals surface area contributed by atoms with Crippen LogP contribution in [0.2, 0.25) is 0 Å². The normalized spacial score (nSPS) is 19.4. The first-order chi connectivity index (χ1) is 7.89. The predicted molar refractivity (Wildman–Crippen MR) is 66.0 cm³/mol. The molecular weight excluding hydrogens is 222 g/mol. The highest BCUT2D eigenvalue weighted by molar-refractivity contribution is 5.56. The molecule has 2 nitrogen and oxygen atoms in total. The first kappa shape index (κ1) is 12.1. The topological polar surface area (TPSA) is 29.3 Å². The van der Waals surface area contributed by atoms with Crippen molar-refractivity contribution in [2.24, 2.45) is 5.41 Å². The average molecular weight is 240 g/mol. The highest BCUT2D eigenvalue weighted by Gasteiger charge is 2.29. The van der Waals surface area contributed by atoms with Crippen LogP contribution in [0.4, 0.5) is 20.2 Å². The van der Waals surface area contributed by atoms with E-state index in [1.54, 1.807) is 4.90 Å². The third-order valence-electron chi connectivity index (χ3n) is 3.26. The van der Waals surface area contributed by atoms with E-state index in [1.165, 1.54) is 12.1 Å². The monoisotopic (exact) mass is 240 g/mol. The van der Waals surface area contributed by atoms with E-state index in [-0.39, 0.29) is 16.8 Å². The highest BCUT2D eigenvalue weighted by Crippen LogP contribution is 2.34. The van der Waals surface area contributed by atoms with Crippen molar-refractivity contribution in [1.82, 2.24) is 0 Å². The van der Waals surface area contributed by atoms with Gasteiger partial charge >= 0.3 is 0 Å². The van der Waals surface area contributed by atoms with E-state index in [2.05, 4.69) is 13.8 Å². The summed E-state index contributed by atoms with van der Waals surface area (Å²) in [6.07, 6.45) is 2.04. The minimum atomic E-state index is -0.569. The fraction of sp³-hybridized carbons (Fsp3) is 0.538. The number of nitrogens with two attached hydrogens (primary N) is 1. The second kappa shape index (κ2) is 4.17. The Balaban J connectivity index is 2.34. The number of nitrogens with zero attached hydrogens (tertiary/aromatic N) is 1. The Hall–Kier alpha value is -1.32. The summed E-state index contributed by atoms with van der Waals surface area (Å²) in [6.45, 7) is 5.60. The maximum absolute atomic E-state index is 13.8. The Kier molecular flexibility index (Phi) is 2.98. The zero-order valence-corrected chi connectivity index (χ0v) is 10.3. The van der Waals surface area contributed by atoms with Gasteiger partial charge < -0.3 is 10.6 Å². The Morgan fingerprint density at radius 3 is 2.35 bits per heavy atom. The fourth-order valence-electron chi connectivity index (χ4n) is 2.50. The van der Waals surface area contributed by atoms with Gasteiger partial charge in [0.2, 0.25) is 0 Å². The maximum atomic E-state index is 13.8. The molecule has 0 aromatic heterocycles. The SMILES string of the molecule is CC1(C)CCCN(c2c(F)cc(N)cc2F)C1. The maximum Gasteiger partial charge on any atom is 0.151 e. The van der Waals surface area contributed by atoms with Gasteiger partial charge in [-0.25, -0.2) is 8.78 Å². The molecule has 1 saturated heterocycles. The molecule has 1 aliphatic rings. The molecular formula is C13H18F2N2. The Bertz CT molecular complexity index is 406. The molecule has 1 aromatic rings. The van der Waals surface area contributed by atoms with Gasteiger partial charge in [-0.15, -0.1) is 0 Å². The van der Waals surface area contributed by atoms with Gasteiger partial charge in [-0.05, 0) is 30.4 Å². The van der Waals surface area contributed by atoms with Crippen molar-refractivity contribution in [2.45, 2.75) is 26.7 Å². The van der Waals surface area contributed by atoms with E-state index in [4.69, 9.17) is 5.73 Å². The molecule has 2 rings (SSSR count). The quantitative estimate of drug-likeness (QED) is 0.764. The number of nitrogen functional groups attached to an aromatic ring is 1. The van der Waals surface area contributed by atoms with E-state index in [9.17, 15) is 8.78 Å². The average Bonchev–Trinajstić information content (AvgIpc) is 2.13. The van der Waals surface area contributed by atoms with Gasteiger partial charge in [0.25, 0.3) is 0 Å². The van der Waals surface area contributed by atoms with Crippen LogP contribution >= 0.6 is 0 Å². The summed E-state index contributed by atoms with van der Waals surface area (Å²) in [6, 6.07) is 2.36. The molecule has 1 aromatic carbocycles. The highest BCUT2D eigenvalue weighted by atomic mass is 19.1. The van der Waals surface area contributed by atoms with Crippen molar-refractivity contribution < 1.29 is 8.78 Å². The number of piperidine rings is 1. The van der Waals surface area contributed by atoms with E-state index in [0.29, 0.717) is 13.1 Å². The second-order valence-corrected chi connectivity index (χ2v) is 5.52. The lowest BCUT2D eigenvalue weighted by atomic mass is 9.84. The van der Waals surface area contributed by atoms with Crippen molar-refractivity contribution in [1.29, 1.82) is 0 Å². The molecule has 0 aliphatic carbocycles. The van der Waals surface area contributed by atoms with Gasteiger partial charge in [0.1, 0.15) is 5.69 Å². The van der Waals surface area contributed by atoms with Crippen LogP contribution < -0.4 is 10.6 Å². The van der Waals surface area contributed by atoms with Crippen molar-refractivity contribution in [3.05, 3.63) is 23.8 Å². The number of benzene rings is 1. The standard InChI is InChI=1S/C13H18F2N2/c1-13(2)4-3-5-17(8-13)12-10(14)6-9(16)7-11(12)15/h6-7H,3-5,8,16H2,1-2H3. The molecule has 4 heteroatoms. The lowest BCUT2D eigenvalue weighted by molar-refractivity contribution is 0.290. The summed E-state index contributed by atoms with van der Waals surface area (Å²) in [7, 11) is 0. The summed E-state index contributed by atoms with van der Waals surface area (Å²) in [5.41, 5.74) is 5.70. The number of rotatable bonds is 1. The zero-order valence-electron chi connectivity index (χ0n) is 10.3. The van der Waals surface area contributed by atoms with Gasteiger partial charge in [0.05, 0.1) is 0 Å². The molecule has 0 bridgehead atoms. The van der Waals surface area contributed by atoms with Gasteiger partial charge in [-0.3, -0.25) is 0 Å². The molecule has 1 fully saturated rings. The number of hydrogen-bond donors (Lipinski definition) is 1. The Morgan fingerprint density at radius 2 is 1.82 bits per heavy atom. The molecule has 94 valence electrons. The molecule has 1 heterocycles. The van der Waals surface area contributed by atoms with Crippen LogP contribution in [0.1, 0.15) is 26.7 Å². The molecule has 1 aliphatic heterocycles. The fourth-order valence-corrected chi connectivity index (χ4v) is 2.50. The third kappa shape index (κ3) is 2.51. The molecule has 0 saturated carbocycles. The summed E-state index contributed by atoms with van der Waals surface area (Å²) >= 11 is 0. The van der Waals surface area contributed by atoms with Gasteiger partial charge in [0.15, 0.2) is 11.6 Å². The molecule has 0 amide bonds. The summed E-state index contributed by atoms with van der Waals surface area (Å²) < 4.78 is 27.6. The third-order valence-corrected chi connectivity index (χ3v) is 3.26. The lowest BCUT2D eigenvalue weighted by Crippen LogP contribution is -2.41. The van der Waals surface area contributed by atoms with Crippen LogP contribution in [0.25, 0.3) is 0 Å². The molecule has 17 heavy (non-hydrogen) atoms. The van der Waals surface area contributed by atoms with Crippen LogP contribution in [0.3, 0.4) is 0 Å². The summed E-state index contributed by atoms with van der Waals surface area (Å²) in [5.74, 6) is -1.14. The minimum absolute atomic E-state index is 0.0620. The molecule has 0 radical (unpaired) electrons. The van der Waals surface area contributed by atoms with E-state index >= 15 is 0 Å². The Labute approximate surface area is 100 Å². The van der Waals surface area contributed by atoms with Crippen LogP contribution in [-0.2, 0) is 0 Å². The van der Waals surface area contributed by atoms with Crippen LogP contribution in [0.15, 0.2) is 12.1 Å². The van der Waals surface area contributed by atoms with Crippen molar-refractivity contribution in [3.8, 4) is 0 Å². The van der Waals surface area contributed by atoms with Crippen molar-refractivity contribution >= 4 is 11.4 Å². The number of halogens is 2. The van der Waals surface area contributed by atoms with E-state index in [1.807, 2.05) is 0 Å². The Morgan fingerprint density at radius 1 is 1.24 bits per heavy atom. The first-order valence-electron chi connectivity index (χ1n) is 5.88. The molecule has 0 atom stereocenters. The van der Waals surface area contributed by atoms with E-state index < -0.39 is 11.6 Å². The largest absolute Gasteiger partial charge is 0.399 e. The smallest absolute Gasteiger partial charge is 0.151 e. The van der Waals surface area contributed by atoms with Gasteiger partial charge in [-0.1, -0.05) is 13.8 Å². The number of hydrogen-bond acceptors (Lipinski definition) is 2. The first-order valence-corrected chi connectivity index (χ1v) is 5.88. The van der Waals surface area contributed by atoms with Gasteiger partial charge in [-0.2, -0.15) is 0 Å². The second-order valence-electron chi connectivity index (χ2n) is 5.52. The molecule has 0 unspecified atom stereocenters. The minimum Gasteiger partial charge on any atom is -0.399 e. The van der Waals surface area contributed by atoms with E-state index in [0.717, 1.165) is 12.8 Å². The lowest BCUT2D eigenvalue weighted by Gasteiger charge is -2.39.